The molecule has 0 saturated carbocycles. The third-order valence-electron chi connectivity index (χ3n) is 7.18. The fraction of sp³-hybridized carbons (Fsp3) is 0.345. The molecule has 42 heavy (non-hydrogen) atoms. The number of alkyl halides is 3. The molecule has 0 atom stereocenters. The molecule has 2 saturated heterocycles. The van der Waals surface area contributed by atoms with E-state index >= 15 is 0 Å². The van der Waals surface area contributed by atoms with Crippen LogP contribution in [0.3, 0.4) is 0 Å². The zero-order valence-electron chi connectivity index (χ0n) is 22.9. The first-order valence-electron chi connectivity index (χ1n) is 13.5. The van der Waals surface area contributed by atoms with E-state index in [2.05, 4.69) is 20.5 Å². The summed E-state index contributed by atoms with van der Waals surface area (Å²) in [7, 11) is 1.97. The van der Waals surface area contributed by atoms with Gasteiger partial charge in [-0.1, -0.05) is 6.07 Å². The van der Waals surface area contributed by atoms with Crippen molar-refractivity contribution in [1.82, 2.24) is 19.7 Å². The number of urea groups is 1. The van der Waals surface area contributed by atoms with Gasteiger partial charge >= 0.3 is 12.2 Å². The first-order chi connectivity index (χ1) is 20.0. The van der Waals surface area contributed by atoms with Gasteiger partial charge < -0.3 is 25.2 Å². The van der Waals surface area contributed by atoms with Crippen molar-refractivity contribution < 1.29 is 31.9 Å². The van der Waals surface area contributed by atoms with Crippen LogP contribution < -0.4 is 15.4 Å². The topological polar surface area (TPSA) is 90.0 Å². The van der Waals surface area contributed by atoms with Crippen LogP contribution in [0.1, 0.15) is 28.0 Å². The highest BCUT2D eigenvalue weighted by atomic mass is 19.4. The number of nitrogens with zero attached hydrogens (tertiary/aromatic N) is 4. The SMILES string of the molecule is CN1CCN(Cc2ccc(NC(=O)Nc3ccc(Oc4ccnc(C(=O)N5CCC5)c4)cc3F)cc2C(F)(F)F)CC1. The summed E-state index contributed by atoms with van der Waals surface area (Å²) >= 11 is 0. The van der Waals surface area contributed by atoms with E-state index in [1.165, 1.54) is 42.6 Å². The molecule has 9 nitrogen and oxygen atoms in total. The van der Waals surface area contributed by atoms with E-state index in [0.717, 1.165) is 31.6 Å². The fourth-order valence-electron chi connectivity index (χ4n) is 4.66. The maximum Gasteiger partial charge on any atom is 0.416 e. The molecule has 0 spiro atoms. The minimum atomic E-state index is -4.62. The highest BCUT2D eigenvalue weighted by Crippen LogP contribution is 2.35. The highest BCUT2D eigenvalue weighted by Gasteiger charge is 2.34. The number of hydrogen-bond acceptors (Lipinski definition) is 6. The van der Waals surface area contributed by atoms with Gasteiger partial charge in [-0.3, -0.25) is 14.7 Å². The number of anilines is 2. The van der Waals surface area contributed by atoms with Gasteiger partial charge in [0, 0.05) is 69.8 Å². The van der Waals surface area contributed by atoms with Crippen LogP contribution in [0, 0.1) is 5.82 Å². The zero-order chi connectivity index (χ0) is 29.9. The lowest BCUT2D eigenvalue weighted by Gasteiger charge is -2.33. The number of likely N-dealkylation sites (tertiary alicyclic amines) is 1. The van der Waals surface area contributed by atoms with Crippen molar-refractivity contribution in [3.8, 4) is 11.5 Å². The third kappa shape index (κ3) is 7.15. The highest BCUT2D eigenvalue weighted by molar-refractivity contribution is 6.00. The third-order valence-corrected chi connectivity index (χ3v) is 7.18. The van der Waals surface area contributed by atoms with Crippen molar-refractivity contribution in [2.75, 3.05) is 56.9 Å². The van der Waals surface area contributed by atoms with Gasteiger partial charge in [0.15, 0.2) is 0 Å². The number of nitrogens with one attached hydrogen (secondary N) is 2. The number of aromatic nitrogens is 1. The molecule has 3 amide bonds. The molecule has 3 heterocycles. The van der Waals surface area contributed by atoms with Gasteiger partial charge in [0.1, 0.15) is 23.0 Å². The Kier molecular flexibility index (Phi) is 8.59. The van der Waals surface area contributed by atoms with Gasteiger partial charge in [-0.15, -0.1) is 0 Å². The molecule has 0 aliphatic carbocycles. The quantitative estimate of drug-likeness (QED) is 0.367. The minimum absolute atomic E-state index is 0.0800. The van der Waals surface area contributed by atoms with E-state index in [1.807, 2.05) is 11.9 Å². The van der Waals surface area contributed by atoms with Crippen LogP contribution in [0.2, 0.25) is 0 Å². The summed E-state index contributed by atoms with van der Waals surface area (Å²) < 4.78 is 62.0. The molecule has 2 aliphatic rings. The minimum Gasteiger partial charge on any atom is -0.457 e. The summed E-state index contributed by atoms with van der Waals surface area (Å²) in [6.45, 7) is 4.35. The lowest BCUT2D eigenvalue weighted by atomic mass is 10.0. The molecular formula is C29H30F4N6O3. The van der Waals surface area contributed by atoms with Crippen LogP contribution in [0.4, 0.5) is 33.7 Å². The number of carbonyl (C=O) groups is 2. The second-order valence-electron chi connectivity index (χ2n) is 10.3. The second-order valence-corrected chi connectivity index (χ2v) is 10.3. The molecule has 5 rings (SSSR count). The van der Waals surface area contributed by atoms with Crippen LogP contribution in [0.5, 0.6) is 11.5 Å². The number of likely N-dealkylation sites (N-methyl/N-ethyl adjacent to an activating group) is 1. The molecule has 1 aromatic heterocycles. The van der Waals surface area contributed by atoms with E-state index in [0.29, 0.717) is 26.2 Å². The van der Waals surface area contributed by atoms with Crippen LogP contribution in [0.15, 0.2) is 54.7 Å². The number of ether oxygens (including phenoxy) is 1. The molecule has 2 N–H and O–H groups in total. The number of rotatable bonds is 7. The average Bonchev–Trinajstić information content (AvgIpc) is 2.91. The first kappa shape index (κ1) is 29.3. The van der Waals surface area contributed by atoms with E-state index in [1.54, 1.807) is 4.90 Å². The summed E-state index contributed by atoms with van der Waals surface area (Å²) in [6.07, 6.45) is -2.25. The number of amides is 3. The largest absolute Gasteiger partial charge is 0.457 e. The second kappa shape index (κ2) is 12.3. The Bertz CT molecular complexity index is 1460. The monoisotopic (exact) mass is 586 g/mol. The number of hydrogen-bond donors (Lipinski definition) is 2. The number of carbonyl (C=O) groups excluding carboxylic acids is 2. The predicted octanol–water partition coefficient (Wildman–Crippen LogP) is 5.27. The molecule has 2 fully saturated rings. The lowest BCUT2D eigenvalue weighted by Crippen LogP contribution is -2.44. The molecule has 2 aromatic carbocycles. The molecule has 2 aliphatic heterocycles. The van der Waals surface area contributed by atoms with Gasteiger partial charge in [0.2, 0.25) is 0 Å². The number of pyridine rings is 1. The molecule has 3 aromatic rings. The van der Waals surface area contributed by atoms with Crippen LogP contribution in [0.25, 0.3) is 0 Å². The number of piperazine rings is 1. The summed E-state index contributed by atoms with van der Waals surface area (Å²) in [6, 6.07) is 9.41. The van der Waals surface area contributed by atoms with Crippen molar-refractivity contribution in [2.24, 2.45) is 0 Å². The smallest absolute Gasteiger partial charge is 0.416 e. The van der Waals surface area contributed by atoms with Crippen molar-refractivity contribution in [3.63, 3.8) is 0 Å². The lowest BCUT2D eigenvalue weighted by molar-refractivity contribution is -0.138. The summed E-state index contributed by atoms with van der Waals surface area (Å²) in [5.74, 6) is -0.649. The Labute approximate surface area is 240 Å². The Hall–Kier alpha value is -4.23. The van der Waals surface area contributed by atoms with Crippen molar-refractivity contribution in [2.45, 2.75) is 19.1 Å². The number of benzene rings is 2. The van der Waals surface area contributed by atoms with Gasteiger partial charge in [-0.05, 0) is 49.4 Å². The Morgan fingerprint density at radius 3 is 2.33 bits per heavy atom. The van der Waals surface area contributed by atoms with Gasteiger partial charge in [0.05, 0.1) is 11.3 Å². The van der Waals surface area contributed by atoms with E-state index in [-0.39, 0.29) is 46.6 Å². The van der Waals surface area contributed by atoms with Gasteiger partial charge in [-0.2, -0.15) is 13.2 Å². The average molecular weight is 587 g/mol. The van der Waals surface area contributed by atoms with E-state index < -0.39 is 23.6 Å². The van der Waals surface area contributed by atoms with Crippen molar-refractivity contribution >= 4 is 23.3 Å². The van der Waals surface area contributed by atoms with Gasteiger partial charge in [-0.25, -0.2) is 9.18 Å². The van der Waals surface area contributed by atoms with Crippen molar-refractivity contribution in [3.05, 3.63) is 77.4 Å². The fourth-order valence-corrected chi connectivity index (χ4v) is 4.66. The Morgan fingerprint density at radius 2 is 1.67 bits per heavy atom. The van der Waals surface area contributed by atoms with Crippen molar-refractivity contribution in [1.29, 1.82) is 0 Å². The maximum atomic E-state index is 14.8. The molecule has 222 valence electrons. The maximum absolute atomic E-state index is 14.8. The molecule has 0 bridgehead atoms. The normalized spacial score (nSPS) is 16.1. The summed E-state index contributed by atoms with van der Waals surface area (Å²) in [4.78, 5) is 34.7. The molecule has 0 radical (unpaired) electrons. The van der Waals surface area contributed by atoms with E-state index in [9.17, 15) is 27.2 Å². The summed E-state index contributed by atoms with van der Waals surface area (Å²) in [5.41, 5.74) is -0.790. The molecule has 0 unspecified atom stereocenters. The van der Waals surface area contributed by atoms with Crippen LogP contribution in [-0.2, 0) is 12.7 Å². The predicted molar refractivity (Wildman–Crippen MR) is 148 cm³/mol. The zero-order valence-corrected chi connectivity index (χ0v) is 22.9. The first-order valence-corrected chi connectivity index (χ1v) is 13.5. The molecule has 13 heteroatoms. The van der Waals surface area contributed by atoms with Gasteiger partial charge in [0.25, 0.3) is 5.91 Å². The summed E-state index contributed by atoms with van der Waals surface area (Å²) in [5, 5.41) is 4.65. The standard InChI is InChI=1S/C29H30F4N6O3/c1-37-11-13-38(14-12-37)18-19-3-4-20(15-23(19)29(31,32)33)35-28(41)36-25-6-5-21(16-24(25)30)42-22-7-8-34-26(17-22)27(40)39-9-2-10-39/h3-8,15-17H,2,9-14,18H2,1H3,(H2,35,36,41). The Morgan fingerprint density at radius 1 is 0.929 bits per heavy atom. The Balaban J connectivity index is 1.21. The van der Waals surface area contributed by atoms with Crippen LogP contribution in [-0.4, -0.2) is 77.9 Å². The van der Waals surface area contributed by atoms with Crippen LogP contribution >= 0.6 is 0 Å². The molecular weight excluding hydrogens is 556 g/mol. The number of halogens is 4. The van der Waals surface area contributed by atoms with E-state index in [4.69, 9.17) is 4.74 Å².